The monoisotopic (exact) mass is 341 g/mol. The fourth-order valence-electron chi connectivity index (χ4n) is 2.13. The SMILES string of the molecule is Cc1ccc(Nc2nccc(-c3nc(C)c(C)s3)n2)cc1[N+](=O)[O-]. The molecule has 2 aromatic heterocycles. The minimum atomic E-state index is -0.404. The van der Waals surface area contributed by atoms with Crippen LogP contribution in [0.15, 0.2) is 30.5 Å². The standard InChI is InChI=1S/C16H15N5O2S/c1-9-4-5-12(8-14(9)21(22)23)19-16-17-7-6-13(20-16)15-18-10(2)11(3)24-15/h4-8H,1-3H3,(H,17,19,20). The van der Waals surface area contributed by atoms with Gasteiger partial charge in [-0.15, -0.1) is 11.3 Å². The molecule has 0 bridgehead atoms. The summed E-state index contributed by atoms with van der Waals surface area (Å²) in [7, 11) is 0. The van der Waals surface area contributed by atoms with E-state index in [9.17, 15) is 10.1 Å². The van der Waals surface area contributed by atoms with E-state index in [0.29, 0.717) is 17.2 Å². The van der Waals surface area contributed by atoms with E-state index in [0.717, 1.165) is 21.3 Å². The van der Waals surface area contributed by atoms with Crippen molar-refractivity contribution < 1.29 is 4.92 Å². The maximum Gasteiger partial charge on any atom is 0.274 e. The van der Waals surface area contributed by atoms with Gasteiger partial charge in [0, 0.05) is 28.4 Å². The topological polar surface area (TPSA) is 93.8 Å². The summed E-state index contributed by atoms with van der Waals surface area (Å²) < 4.78 is 0. The Morgan fingerprint density at radius 1 is 1.17 bits per heavy atom. The molecule has 0 fully saturated rings. The van der Waals surface area contributed by atoms with E-state index in [4.69, 9.17) is 0 Å². The first kappa shape index (κ1) is 16.0. The Morgan fingerprint density at radius 2 is 1.96 bits per heavy atom. The molecule has 1 aromatic carbocycles. The number of rotatable bonds is 4. The number of nitrogens with zero attached hydrogens (tertiary/aromatic N) is 4. The number of hydrogen-bond donors (Lipinski definition) is 1. The van der Waals surface area contributed by atoms with Gasteiger partial charge in [-0.3, -0.25) is 10.1 Å². The number of aryl methyl sites for hydroxylation is 3. The first-order valence-electron chi connectivity index (χ1n) is 7.23. The molecule has 0 amide bonds. The van der Waals surface area contributed by atoms with Crippen molar-refractivity contribution in [3.8, 4) is 10.7 Å². The zero-order valence-electron chi connectivity index (χ0n) is 13.4. The van der Waals surface area contributed by atoms with Gasteiger partial charge < -0.3 is 5.32 Å². The van der Waals surface area contributed by atoms with Gasteiger partial charge in [-0.1, -0.05) is 6.07 Å². The Labute approximate surface area is 142 Å². The van der Waals surface area contributed by atoms with Crippen LogP contribution in [-0.2, 0) is 0 Å². The lowest BCUT2D eigenvalue weighted by atomic mass is 10.2. The van der Waals surface area contributed by atoms with Gasteiger partial charge in [0.2, 0.25) is 5.95 Å². The van der Waals surface area contributed by atoms with Crippen molar-refractivity contribution >= 4 is 28.7 Å². The van der Waals surface area contributed by atoms with Crippen LogP contribution in [0.2, 0.25) is 0 Å². The smallest absolute Gasteiger partial charge is 0.274 e. The van der Waals surface area contributed by atoms with Crippen molar-refractivity contribution in [3.63, 3.8) is 0 Å². The quantitative estimate of drug-likeness (QED) is 0.565. The normalized spacial score (nSPS) is 10.6. The molecule has 3 aromatic rings. The molecule has 24 heavy (non-hydrogen) atoms. The van der Waals surface area contributed by atoms with Crippen molar-refractivity contribution in [2.75, 3.05) is 5.32 Å². The Bertz CT molecular complexity index is 903. The van der Waals surface area contributed by atoms with E-state index in [-0.39, 0.29) is 5.69 Å². The Balaban J connectivity index is 1.90. The van der Waals surface area contributed by atoms with Gasteiger partial charge in [-0.05, 0) is 32.9 Å². The molecule has 0 aliphatic rings. The van der Waals surface area contributed by atoms with Crippen molar-refractivity contribution in [2.45, 2.75) is 20.8 Å². The van der Waals surface area contributed by atoms with Gasteiger partial charge in [0.25, 0.3) is 5.69 Å². The van der Waals surface area contributed by atoms with Crippen LogP contribution >= 0.6 is 11.3 Å². The summed E-state index contributed by atoms with van der Waals surface area (Å²) >= 11 is 1.57. The van der Waals surface area contributed by atoms with Gasteiger partial charge in [-0.25, -0.2) is 15.0 Å². The predicted molar refractivity (Wildman–Crippen MR) is 93.7 cm³/mol. The van der Waals surface area contributed by atoms with E-state index in [1.54, 1.807) is 42.7 Å². The maximum atomic E-state index is 11.0. The molecule has 0 unspecified atom stereocenters. The van der Waals surface area contributed by atoms with E-state index in [2.05, 4.69) is 20.3 Å². The van der Waals surface area contributed by atoms with Crippen LogP contribution in [-0.4, -0.2) is 19.9 Å². The highest BCUT2D eigenvalue weighted by atomic mass is 32.1. The molecule has 0 saturated carbocycles. The minimum Gasteiger partial charge on any atom is -0.324 e. The molecule has 0 atom stereocenters. The molecule has 0 spiro atoms. The number of hydrogen-bond acceptors (Lipinski definition) is 7. The second-order valence-corrected chi connectivity index (χ2v) is 6.51. The van der Waals surface area contributed by atoms with Crippen LogP contribution in [0.4, 0.5) is 17.3 Å². The molecule has 3 rings (SSSR count). The molecule has 122 valence electrons. The number of nitrogens with one attached hydrogen (secondary N) is 1. The zero-order valence-corrected chi connectivity index (χ0v) is 14.2. The first-order valence-corrected chi connectivity index (χ1v) is 8.05. The number of nitro benzene ring substituents is 1. The molecular formula is C16H15N5O2S. The fraction of sp³-hybridized carbons (Fsp3) is 0.188. The third kappa shape index (κ3) is 3.23. The molecule has 0 saturated heterocycles. The number of benzene rings is 1. The Morgan fingerprint density at radius 3 is 2.62 bits per heavy atom. The number of nitro groups is 1. The van der Waals surface area contributed by atoms with Crippen molar-refractivity contribution in [3.05, 3.63) is 56.7 Å². The lowest BCUT2D eigenvalue weighted by molar-refractivity contribution is -0.385. The van der Waals surface area contributed by atoms with E-state index in [1.807, 2.05) is 13.8 Å². The summed E-state index contributed by atoms with van der Waals surface area (Å²) in [5, 5.41) is 14.9. The molecule has 0 aliphatic carbocycles. The van der Waals surface area contributed by atoms with Crippen LogP contribution in [0.5, 0.6) is 0 Å². The average Bonchev–Trinajstić information content (AvgIpc) is 2.89. The van der Waals surface area contributed by atoms with Gasteiger partial charge >= 0.3 is 0 Å². The predicted octanol–water partition coefficient (Wildman–Crippen LogP) is 4.18. The van der Waals surface area contributed by atoms with Crippen molar-refractivity contribution in [1.29, 1.82) is 0 Å². The Hall–Kier alpha value is -2.87. The van der Waals surface area contributed by atoms with Gasteiger partial charge in [0.15, 0.2) is 0 Å². The summed E-state index contributed by atoms with van der Waals surface area (Å²) in [5.41, 5.74) is 2.93. The minimum absolute atomic E-state index is 0.0577. The lowest BCUT2D eigenvalue weighted by Gasteiger charge is -2.06. The molecular weight excluding hydrogens is 326 g/mol. The second kappa shape index (κ2) is 6.32. The van der Waals surface area contributed by atoms with Crippen LogP contribution in [0, 0.1) is 30.9 Å². The number of anilines is 2. The van der Waals surface area contributed by atoms with Crippen molar-refractivity contribution in [1.82, 2.24) is 15.0 Å². The van der Waals surface area contributed by atoms with Crippen LogP contribution in [0.1, 0.15) is 16.1 Å². The van der Waals surface area contributed by atoms with Gasteiger partial charge in [-0.2, -0.15) is 0 Å². The summed E-state index contributed by atoms with van der Waals surface area (Å²) in [4.78, 5) is 24.9. The maximum absolute atomic E-state index is 11.0. The molecule has 0 aliphatic heterocycles. The highest BCUT2D eigenvalue weighted by molar-refractivity contribution is 7.15. The van der Waals surface area contributed by atoms with Crippen LogP contribution in [0.25, 0.3) is 10.7 Å². The van der Waals surface area contributed by atoms with Crippen LogP contribution < -0.4 is 5.32 Å². The van der Waals surface area contributed by atoms with E-state index < -0.39 is 4.92 Å². The highest BCUT2D eigenvalue weighted by Gasteiger charge is 2.12. The number of aromatic nitrogens is 3. The Kier molecular flexibility index (Phi) is 4.22. The molecule has 8 heteroatoms. The molecule has 7 nitrogen and oxygen atoms in total. The first-order chi connectivity index (χ1) is 11.4. The summed E-state index contributed by atoms with van der Waals surface area (Å²) in [6.07, 6.45) is 1.64. The second-order valence-electron chi connectivity index (χ2n) is 5.31. The van der Waals surface area contributed by atoms with E-state index >= 15 is 0 Å². The van der Waals surface area contributed by atoms with E-state index in [1.165, 1.54) is 6.07 Å². The largest absolute Gasteiger partial charge is 0.324 e. The molecule has 0 radical (unpaired) electrons. The molecule has 2 heterocycles. The highest BCUT2D eigenvalue weighted by Crippen LogP contribution is 2.27. The average molecular weight is 341 g/mol. The zero-order chi connectivity index (χ0) is 17.3. The van der Waals surface area contributed by atoms with Crippen molar-refractivity contribution in [2.24, 2.45) is 0 Å². The lowest BCUT2D eigenvalue weighted by Crippen LogP contribution is -1.99. The number of thiazole rings is 1. The summed E-state index contributed by atoms with van der Waals surface area (Å²) in [5.74, 6) is 0.371. The summed E-state index contributed by atoms with van der Waals surface area (Å²) in [6.45, 7) is 5.68. The third-order valence-electron chi connectivity index (χ3n) is 3.57. The fourth-order valence-corrected chi connectivity index (χ4v) is 3.02. The van der Waals surface area contributed by atoms with Gasteiger partial charge in [0.1, 0.15) is 10.7 Å². The summed E-state index contributed by atoms with van der Waals surface area (Å²) in [6, 6.07) is 6.72. The molecule has 1 N–H and O–H groups in total. The third-order valence-corrected chi connectivity index (χ3v) is 4.66. The van der Waals surface area contributed by atoms with Crippen LogP contribution in [0.3, 0.4) is 0 Å². The van der Waals surface area contributed by atoms with Gasteiger partial charge in [0.05, 0.1) is 10.6 Å².